The molecule has 0 spiro atoms. The third-order valence-corrected chi connectivity index (χ3v) is 1.45. The van der Waals surface area contributed by atoms with Gasteiger partial charge in [0.25, 0.3) is 0 Å². The highest BCUT2D eigenvalue weighted by Crippen LogP contribution is 2.04. The van der Waals surface area contributed by atoms with E-state index in [4.69, 9.17) is 0 Å². The SMILES string of the molecule is CCC=NC=C(CC)CC. The Balaban J connectivity index is 3.74. The van der Waals surface area contributed by atoms with E-state index in [2.05, 4.69) is 25.8 Å². The van der Waals surface area contributed by atoms with Crippen molar-refractivity contribution in [1.29, 1.82) is 0 Å². The molecule has 1 nitrogen and oxygen atoms in total. The molecule has 0 radical (unpaired) electrons. The van der Waals surface area contributed by atoms with Gasteiger partial charge in [-0.05, 0) is 19.3 Å². The fourth-order valence-electron chi connectivity index (χ4n) is 0.696. The normalized spacial score (nSPS) is 10.3. The molecule has 0 aliphatic carbocycles. The first-order valence-corrected chi connectivity index (χ1v) is 4.04. The van der Waals surface area contributed by atoms with Crippen molar-refractivity contribution in [2.45, 2.75) is 40.0 Å². The minimum atomic E-state index is 1.03. The van der Waals surface area contributed by atoms with E-state index in [0.29, 0.717) is 0 Å². The summed E-state index contributed by atoms with van der Waals surface area (Å²) in [4.78, 5) is 4.14. The zero-order valence-corrected chi connectivity index (χ0v) is 7.22. The Morgan fingerprint density at radius 2 is 1.80 bits per heavy atom. The summed E-state index contributed by atoms with van der Waals surface area (Å²) in [6.07, 6.45) is 7.18. The van der Waals surface area contributed by atoms with Crippen LogP contribution in [-0.2, 0) is 0 Å². The zero-order chi connectivity index (χ0) is 7.82. The van der Waals surface area contributed by atoms with Crippen molar-refractivity contribution in [3.8, 4) is 0 Å². The highest BCUT2D eigenvalue weighted by Gasteiger charge is 1.85. The van der Waals surface area contributed by atoms with Crippen LogP contribution in [0.1, 0.15) is 40.0 Å². The second kappa shape index (κ2) is 6.53. The predicted molar refractivity (Wildman–Crippen MR) is 47.4 cm³/mol. The Morgan fingerprint density at radius 1 is 1.20 bits per heavy atom. The van der Waals surface area contributed by atoms with Gasteiger partial charge in [0.05, 0.1) is 0 Å². The lowest BCUT2D eigenvalue weighted by Crippen LogP contribution is -1.75. The number of rotatable bonds is 4. The third-order valence-electron chi connectivity index (χ3n) is 1.45. The van der Waals surface area contributed by atoms with E-state index < -0.39 is 0 Å². The third kappa shape index (κ3) is 4.30. The van der Waals surface area contributed by atoms with Crippen molar-refractivity contribution in [3.05, 3.63) is 11.8 Å². The average molecular weight is 139 g/mol. The lowest BCUT2D eigenvalue weighted by molar-refractivity contribution is 0.969. The summed E-state index contributed by atoms with van der Waals surface area (Å²) in [5.41, 5.74) is 1.42. The summed E-state index contributed by atoms with van der Waals surface area (Å²) in [5.74, 6) is 0. The molecule has 0 amide bonds. The van der Waals surface area contributed by atoms with Gasteiger partial charge in [0.15, 0.2) is 0 Å². The molecule has 0 aromatic carbocycles. The van der Waals surface area contributed by atoms with Crippen LogP contribution in [0.2, 0.25) is 0 Å². The van der Waals surface area contributed by atoms with Crippen molar-refractivity contribution in [2.75, 3.05) is 0 Å². The van der Waals surface area contributed by atoms with E-state index in [1.165, 1.54) is 5.57 Å². The van der Waals surface area contributed by atoms with Crippen LogP contribution < -0.4 is 0 Å². The molecular weight excluding hydrogens is 122 g/mol. The number of allylic oxidation sites excluding steroid dienone is 1. The Labute approximate surface area is 63.9 Å². The van der Waals surface area contributed by atoms with Gasteiger partial charge in [0, 0.05) is 12.4 Å². The van der Waals surface area contributed by atoms with Crippen molar-refractivity contribution in [2.24, 2.45) is 4.99 Å². The Hall–Kier alpha value is -0.590. The zero-order valence-electron chi connectivity index (χ0n) is 7.22. The fourth-order valence-corrected chi connectivity index (χ4v) is 0.696. The molecule has 0 rings (SSSR count). The molecule has 0 atom stereocenters. The molecule has 1 heteroatoms. The van der Waals surface area contributed by atoms with Crippen LogP contribution in [0.5, 0.6) is 0 Å². The summed E-state index contributed by atoms with van der Waals surface area (Å²) in [6, 6.07) is 0. The Bertz CT molecular complexity index is 117. The topological polar surface area (TPSA) is 12.4 Å². The quantitative estimate of drug-likeness (QED) is 0.530. The molecule has 0 bridgehead atoms. The molecule has 0 heterocycles. The number of hydrogen-bond acceptors (Lipinski definition) is 1. The highest BCUT2D eigenvalue weighted by atomic mass is 14.7. The second-order valence-corrected chi connectivity index (χ2v) is 2.23. The van der Waals surface area contributed by atoms with Gasteiger partial charge in [-0.25, -0.2) is 0 Å². The largest absolute Gasteiger partial charge is 0.269 e. The van der Waals surface area contributed by atoms with Crippen LogP contribution in [0.15, 0.2) is 16.8 Å². The first kappa shape index (κ1) is 9.41. The van der Waals surface area contributed by atoms with Gasteiger partial charge in [0.2, 0.25) is 0 Å². The maximum Gasteiger partial charge on any atom is 0.0255 e. The van der Waals surface area contributed by atoms with Gasteiger partial charge in [-0.1, -0.05) is 26.3 Å². The minimum Gasteiger partial charge on any atom is -0.269 e. The standard InChI is InChI=1S/C9H17N/c1-4-7-10-8-9(5-2)6-3/h7-8H,4-6H2,1-3H3. The van der Waals surface area contributed by atoms with Crippen molar-refractivity contribution in [3.63, 3.8) is 0 Å². The first-order valence-electron chi connectivity index (χ1n) is 4.04. The summed E-state index contributed by atoms with van der Waals surface area (Å²) in [6.45, 7) is 6.42. The monoisotopic (exact) mass is 139 g/mol. The smallest absolute Gasteiger partial charge is 0.0255 e. The molecule has 0 N–H and O–H groups in total. The van der Waals surface area contributed by atoms with Crippen molar-refractivity contribution < 1.29 is 0 Å². The van der Waals surface area contributed by atoms with Gasteiger partial charge >= 0.3 is 0 Å². The lowest BCUT2D eigenvalue weighted by Gasteiger charge is -1.94. The van der Waals surface area contributed by atoms with Crippen LogP contribution in [0.3, 0.4) is 0 Å². The van der Waals surface area contributed by atoms with Crippen molar-refractivity contribution >= 4 is 6.21 Å². The molecule has 58 valence electrons. The number of aliphatic imine (C=N–C) groups is 1. The van der Waals surface area contributed by atoms with Crippen molar-refractivity contribution in [1.82, 2.24) is 0 Å². The fraction of sp³-hybridized carbons (Fsp3) is 0.667. The molecule has 0 fully saturated rings. The predicted octanol–water partition coefficient (Wildman–Crippen LogP) is 3.17. The highest BCUT2D eigenvalue weighted by molar-refractivity contribution is 5.57. The van der Waals surface area contributed by atoms with E-state index in [9.17, 15) is 0 Å². The molecule has 0 aliphatic heterocycles. The maximum atomic E-state index is 4.14. The van der Waals surface area contributed by atoms with Crippen LogP contribution in [0.25, 0.3) is 0 Å². The van der Waals surface area contributed by atoms with Crippen LogP contribution in [-0.4, -0.2) is 6.21 Å². The van der Waals surface area contributed by atoms with E-state index in [1.807, 2.05) is 12.4 Å². The summed E-state index contributed by atoms with van der Waals surface area (Å²) >= 11 is 0. The summed E-state index contributed by atoms with van der Waals surface area (Å²) in [7, 11) is 0. The first-order chi connectivity index (χ1) is 4.85. The van der Waals surface area contributed by atoms with Gasteiger partial charge in [0.1, 0.15) is 0 Å². The van der Waals surface area contributed by atoms with E-state index in [-0.39, 0.29) is 0 Å². The van der Waals surface area contributed by atoms with Crippen LogP contribution in [0, 0.1) is 0 Å². The van der Waals surface area contributed by atoms with Gasteiger partial charge in [-0.15, -0.1) is 0 Å². The lowest BCUT2D eigenvalue weighted by atomic mass is 10.2. The average Bonchev–Trinajstić information content (AvgIpc) is 1.99. The Kier molecular flexibility index (Phi) is 6.14. The molecule has 0 saturated carbocycles. The number of nitrogens with zero attached hydrogens (tertiary/aromatic N) is 1. The second-order valence-electron chi connectivity index (χ2n) is 2.23. The maximum absolute atomic E-state index is 4.14. The summed E-state index contributed by atoms with van der Waals surface area (Å²) < 4.78 is 0. The van der Waals surface area contributed by atoms with E-state index in [0.717, 1.165) is 19.3 Å². The van der Waals surface area contributed by atoms with Crippen LogP contribution in [0.4, 0.5) is 0 Å². The molecule has 0 unspecified atom stereocenters. The molecular formula is C9H17N. The molecule has 0 aromatic heterocycles. The summed E-state index contributed by atoms with van der Waals surface area (Å²) in [5, 5.41) is 0. The van der Waals surface area contributed by atoms with Gasteiger partial charge < -0.3 is 0 Å². The van der Waals surface area contributed by atoms with Crippen LogP contribution >= 0.6 is 0 Å². The molecule has 0 saturated heterocycles. The molecule has 0 aromatic rings. The molecule has 10 heavy (non-hydrogen) atoms. The van der Waals surface area contributed by atoms with Gasteiger partial charge in [-0.2, -0.15) is 0 Å². The molecule has 0 aliphatic rings. The number of hydrogen-bond donors (Lipinski definition) is 0. The van der Waals surface area contributed by atoms with E-state index in [1.54, 1.807) is 0 Å². The Morgan fingerprint density at radius 3 is 2.20 bits per heavy atom. The minimum absolute atomic E-state index is 1.03. The van der Waals surface area contributed by atoms with Gasteiger partial charge in [-0.3, -0.25) is 4.99 Å². The van der Waals surface area contributed by atoms with E-state index >= 15 is 0 Å².